The minimum absolute atomic E-state index is 0. The van der Waals surface area contributed by atoms with Gasteiger partial charge in [0.25, 0.3) is 0 Å². The van der Waals surface area contributed by atoms with Crippen LogP contribution in [0, 0.1) is 0 Å². The molecular weight excluding hydrogens is 163 g/mol. The van der Waals surface area contributed by atoms with Gasteiger partial charge in [0, 0.05) is 0 Å². The van der Waals surface area contributed by atoms with Crippen molar-refractivity contribution in [2.45, 2.75) is 26.7 Å². The number of rotatable bonds is 1. The number of benzene rings is 1. The lowest BCUT2D eigenvalue weighted by Crippen LogP contribution is -1.56. The molecule has 0 aliphatic heterocycles. The monoisotopic (exact) mass is 182 g/mol. The smallest absolute Gasteiger partial charge is 0.187 e. The van der Waals surface area contributed by atoms with Crippen LogP contribution >= 0.6 is 0 Å². The number of hydrogen-bond acceptors (Lipinski definition) is 1. The van der Waals surface area contributed by atoms with Crippen molar-refractivity contribution in [2.24, 2.45) is 0 Å². The molecular formula is C10H19AlO. The van der Waals surface area contributed by atoms with Crippen molar-refractivity contribution in [1.29, 1.82) is 0 Å². The van der Waals surface area contributed by atoms with Gasteiger partial charge in [0.15, 0.2) is 17.4 Å². The first-order valence-corrected chi connectivity index (χ1v) is 4.05. The van der Waals surface area contributed by atoms with Gasteiger partial charge >= 0.3 is 0 Å². The minimum Gasteiger partial charge on any atom is -0.508 e. The van der Waals surface area contributed by atoms with Crippen LogP contribution in [0.3, 0.4) is 0 Å². The number of hydrogen-bond donors (Lipinski definition) is 1. The maximum absolute atomic E-state index is 8.63. The molecule has 1 aromatic carbocycles. The quantitative estimate of drug-likeness (QED) is 0.659. The fraction of sp³-hybridized carbons (Fsp3) is 0.400. The van der Waals surface area contributed by atoms with Crippen molar-refractivity contribution in [3.05, 3.63) is 30.3 Å². The summed E-state index contributed by atoms with van der Waals surface area (Å²) in [5.74, 6) is 0.322. The first-order chi connectivity index (χ1) is 5.31. The van der Waals surface area contributed by atoms with Crippen molar-refractivity contribution in [3.8, 4) is 5.75 Å². The third kappa shape index (κ3) is 9.55. The Hall–Kier alpha value is -0.448. The van der Waals surface area contributed by atoms with Crippen molar-refractivity contribution in [3.63, 3.8) is 0 Å². The summed E-state index contributed by atoms with van der Waals surface area (Å²) < 4.78 is 0. The summed E-state index contributed by atoms with van der Waals surface area (Å²) in [6.45, 7) is 4.36. The number of phenolic OH excluding ortho intramolecular Hbond substituents is 1. The zero-order valence-corrected chi connectivity index (χ0v) is 7.25. The van der Waals surface area contributed by atoms with Crippen molar-refractivity contribution in [1.82, 2.24) is 0 Å². The molecule has 1 rings (SSSR count). The molecule has 0 aliphatic rings. The summed E-state index contributed by atoms with van der Waals surface area (Å²) in [6, 6.07) is 8.71. The maximum Gasteiger partial charge on any atom is 0.187 e. The van der Waals surface area contributed by atoms with Gasteiger partial charge in [-0.1, -0.05) is 44.9 Å². The van der Waals surface area contributed by atoms with Crippen LogP contribution in [0.15, 0.2) is 30.3 Å². The van der Waals surface area contributed by atoms with Gasteiger partial charge in [0.1, 0.15) is 5.75 Å². The number of unbranched alkanes of at least 4 members (excludes halogenated alkanes) is 1. The highest BCUT2D eigenvalue weighted by Gasteiger charge is 1.74. The molecule has 0 spiro atoms. The molecule has 0 aromatic heterocycles. The maximum atomic E-state index is 8.63. The lowest BCUT2D eigenvalue weighted by atomic mass is 10.3. The molecule has 0 amide bonds. The molecule has 0 atom stereocenters. The van der Waals surface area contributed by atoms with Gasteiger partial charge in [-0.3, -0.25) is 0 Å². The lowest BCUT2D eigenvalue weighted by Gasteiger charge is -1.82. The van der Waals surface area contributed by atoms with Crippen LogP contribution in [0.25, 0.3) is 0 Å². The number of phenols is 1. The molecule has 0 aliphatic carbocycles. The molecule has 0 saturated carbocycles. The summed E-state index contributed by atoms with van der Waals surface area (Å²) in [5.41, 5.74) is 0. The molecule has 2 heteroatoms. The van der Waals surface area contributed by atoms with Crippen LogP contribution in [-0.2, 0) is 0 Å². The molecule has 68 valence electrons. The molecule has 1 N–H and O–H groups in total. The second-order valence-electron chi connectivity index (χ2n) is 2.34. The predicted octanol–water partition coefficient (Wildman–Crippen LogP) is 2.01. The van der Waals surface area contributed by atoms with Crippen molar-refractivity contribution < 1.29 is 5.11 Å². The molecule has 0 heterocycles. The third-order valence-electron chi connectivity index (χ3n) is 1.26. The van der Waals surface area contributed by atoms with E-state index in [-0.39, 0.29) is 17.4 Å². The van der Waals surface area contributed by atoms with E-state index >= 15 is 0 Å². The van der Waals surface area contributed by atoms with Gasteiger partial charge in [0.2, 0.25) is 0 Å². The van der Waals surface area contributed by atoms with E-state index in [9.17, 15) is 0 Å². The van der Waals surface area contributed by atoms with Crippen molar-refractivity contribution >= 4 is 17.4 Å². The van der Waals surface area contributed by atoms with Crippen LogP contribution in [-0.4, -0.2) is 22.5 Å². The van der Waals surface area contributed by atoms with Crippen LogP contribution in [0.1, 0.15) is 26.7 Å². The fourth-order valence-corrected chi connectivity index (χ4v) is 0.428. The first-order valence-electron chi connectivity index (χ1n) is 4.05. The summed E-state index contributed by atoms with van der Waals surface area (Å²) in [7, 11) is 0. The highest BCUT2D eigenvalue weighted by molar-refractivity contribution is 5.75. The van der Waals surface area contributed by atoms with E-state index in [1.54, 1.807) is 24.3 Å². The summed E-state index contributed by atoms with van der Waals surface area (Å²) >= 11 is 0. The molecule has 1 aromatic rings. The minimum atomic E-state index is 0. The summed E-state index contributed by atoms with van der Waals surface area (Å²) in [6.07, 6.45) is 2.64. The van der Waals surface area contributed by atoms with Crippen LogP contribution in [0.5, 0.6) is 5.75 Å². The zero-order chi connectivity index (χ0) is 8.53. The Morgan fingerprint density at radius 1 is 1.00 bits per heavy atom. The van der Waals surface area contributed by atoms with Gasteiger partial charge in [-0.05, 0) is 12.1 Å². The van der Waals surface area contributed by atoms with Crippen LogP contribution in [0.2, 0.25) is 0 Å². The van der Waals surface area contributed by atoms with Gasteiger partial charge in [-0.25, -0.2) is 0 Å². The van der Waals surface area contributed by atoms with Crippen LogP contribution in [0.4, 0.5) is 0 Å². The summed E-state index contributed by atoms with van der Waals surface area (Å²) in [5, 5.41) is 8.63. The number of para-hydroxylation sites is 1. The van der Waals surface area contributed by atoms with Gasteiger partial charge in [-0.2, -0.15) is 0 Å². The average Bonchev–Trinajstić information content (AvgIpc) is 2.07. The predicted molar refractivity (Wildman–Crippen MR) is 58.6 cm³/mol. The standard InChI is InChI=1S/C6H6O.C4H10.Al.3H/c7-6-4-2-1-3-5-6;1-3-4-2;;;;/h1-5,7H;3-4H2,1-2H3;;;;. The van der Waals surface area contributed by atoms with E-state index in [0.717, 1.165) is 0 Å². The Balaban J connectivity index is 0. The molecule has 0 saturated heterocycles. The van der Waals surface area contributed by atoms with E-state index < -0.39 is 0 Å². The molecule has 12 heavy (non-hydrogen) atoms. The van der Waals surface area contributed by atoms with E-state index in [2.05, 4.69) is 13.8 Å². The molecule has 0 bridgehead atoms. The first kappa shape index (κ1) is 14.1. The fourth-order valence-electron chi connectivity index (χ4n) is 0.428. The van der Waals surface area contributed by atoms with Crippen LogP contribution < -0.4 is 0 Å². The third-order valence-corrected chi connectivity index (χ3v) is 1.26. The lowest BCUT2D eigenvalue weighted by molar-refractivity contribution is 0.475. The van der Waals surface area contributed by atoms with E-state index in [1.165, 1.54) is 12.8 Å². The van der Waals surface area contributed by atoms with E-state index in [0.29, 0.717) is 5.75 Å². The Morgan fingerprint density at radius 3 is 1.58 bits per heavy atom. The Labute approximate surface area is 85.6 Å². The van der Waals surface area contributed by atoms with Crippen molar-refractivity contribution in [2.75, 3.05) is 0 Å². The van der Waals surface area contributed by atoms with E-state index in [1.807, 2.05) is 6.07 Å². The van der Waals surface area contributed by atoms with Gasteiger partial charge in [0.05, 0.1) is 0 Å². The number of aromatic hydroxyl groups is 1. The zero-order valence-electron chi connectivity index (χ0n) is 7.25. The van der Waals surface area contributed by atoms with E-state index in [4.69, 9.17) is 5.11 Å². The topological polar surface area (TPSA) is 20.2 Å². The average molecular weight is 182 g/mol. The van der Waals surface area contributed by atoms with Gasteiger partial charge < -0.3 is 5.11 Å². The second-order valence-corrected chi connectivity index (χ2v) is 2.34. The molecule has 0 fully saturated rings. The molecule has 1 nitrogen and oxygen atoms in total. The highest BCUT2D eigenvalue weighted by atomic mass is 27.0. The Morgan fingerprint density at radius 2 is 1.42 bits per heavy atom. The normalized spacial score (nSPS) is 7.50. The SMILES string of the molecule is CCCC.Oc1ccccc1.[AlH3]. The summed E-state index contributed by atoms with van der Waals surface area (Å²) in [4.78, 5) is 0. The molecule has 0 unspecified atom stereocenters. The largest absolute Gasteiger partial charge is 0.508 e. The molecule has 0 radical (unpaired) electrons. The Kier molecular flexibility index (Phi) is 12.4. The van der Waals surface area contributed by atoms with Gasteiger partial charge in [-0.15, -0.1) is 0 Å². The highest BCUT2D eigenvalue weighted by Crippen LogP contribution is 2.02. The second kappa shape index (κ2) is 10.6. The Bertz CT molecular complexity index is 161.